The molecule has 0 aromatic carbocycles. The molecule has 1 saturated carbocycles. The standard InChI is InChI=1S/C16H31N3O4/c1-5-11(3)16(4,23)10-17-15(22)18-12-7-13(8-12)19(6-2)9-14(20)21/h11-13,23H,5-10H2,1-4H3,(H,20,21)(H2,17,18,22). The number of nitrogens with one attached hydrogen (secondary N) is 2. The Morgan fingerprint density at radius 2 is 1.96 bits per heavy atom. The number of carboxylic acids is 1. The molecular weight excluding hydrogens is 298 g/mol. The van der Waals surface area contributed by atoms with Crippen molar-refractivity contribution in [3.8, 4) is 0 Å². The Hall–Kier alpha value is -1.34. The van der Waals surface area contributed by atoms with Gasteiger partial charge in [-0.25, -0.2) is 4.79 Å². The number of hydrogen-bond donors (Lipinski definition) is 4. The molecule has 0 heterocycles. The van der Waals surface area contributed by atoms with Crippen LogP contribution in [-0.4, -0.2) is 64.4 Å². The number of hydrogen-bond acceptors (Lipinski definition) is 4. The molecule has 2 unspecified atom stereocenters. The summed E-state index contributed by atoms with van der Waals surface area (Å²) in [4.78, 5) is 24.6. The maximum atomic E-state index is 11.9. The lowest BCUT2D eigenvalue weighted by atomic mass is 9.85. The minimum atomic E-state index is -0.922. The number of rotatable bonds is 9. The SMILES string of the molecule is CCC(C)C(C)(O)CNC(=O)NC1CC(N(CC)CC(=O)O)C1. The van der Waals surface area contributed by atoms with Crippen molar-refractivity contribution in [2.75, 3.05) is 19.6 Å². The number of carbonyl (C=O) groups is 2. The van der Waals surface area contributed by atoms with E-state index in [0.717, 1.165) is 19.3 Å². The van der Waals surface area contributed by atoms with Crippen molar-refractivity contribution in [1.82, 2.24) is 15.5 Å². The second kappa shape index (κ2) is 8.49. The molecular formula is C16H31N3O4. The average Bonchev–Trinajstić information content (AvgIpc) is 2.45. The Morgan fingerprint density at radius 1 is 1.35 bits per heavy atom. The third-order valence-electron chi connectivity index (χ3n) is 4.99. The van der Waals surface area contributed by atoms with E-state index in [2.05, 4.69) is 10.6 Å². The maximum absolute atomic E-state index is 11.9. The quantitative estimate of drug-likeness (QED) is 0.506. The molecule has 0 radical (unpaired) electrons. The highest BCUT2D eigenvalue weighted by molar-refractivity contribution is 5.74. The number of amides is 2. The number of nitrogens with zero attached hydrogens (tertiary/aromatic N) is 1. The number of carboxylic acid groups (broad SMARTS) is 1. The van der Waals surface area contributed by atoms with Gasteiger partial charge in [0.15, 0.2) is 0 Å². The third-order valence-corrected chi connectivity index (χ3v) is 4.99. The van der Waals surface area contributed by atoms with Crippen molar-refractivity contribution >= 4 is 12.0 Å². The zero-order valence-corrected chi connectivity index (χ0v) is 14.6. The van der Waals surface area contributed by atoms with Crippen LogP contribution >= 0.6 is 0 Å². The minimum Gasteiger partial charge on any atom is -0.480 e. The Balaban J connectivity index is 2.29. The molecule has 1 aliphatic carbocycles. The normalized spacial score (nSPS) is 24.4. The van der Waals surface area contributed by atoms with Gasteiger partial charge in [0.25, 0.3) is 0 Å². The number of likely N-dealkylation sites (N-methyl/N-ethyl adjacent to an activating group) is 1. The van der Waals surface area contributed by atoms with Gasteiger partial charge >= 0.3 is 12.0 Å². The van der Waals surface area contributed by atoms with E-state index in [-0.39, 0.29) is 37.1 Å². The fourth-order valence-electron chi connectivity index (χ4n) is 2.79. The molecule has 7 nitrogen and oxygen atoms in total. The van der Waals surface area contributed by atoms with Gasteiger partial charge in [-0.05, 0) is 32.2 Å². The van der Waals surface area contributed by atoms with Crippen LogP contribution in [0.25, 0.3) is 0 Å². The Kier molecular flexibility index (Phi) is 7.28. The van der Waals surface area contributed by atoms with E-state index in [9.17, 15) is 14.7 Å². The summed E-state index contributed by atoms with van der Waals surface area (Å²) in [5, 5.41) is 24.7. The first kappa shape index (κ1) is 19.7. The lowest BCUT2D eigenvalue weighted by Gasteiger charge is -2.42. The van der Waals surface area contributed by atoms with Gasteiger partial charge < -0.3 is 20.8 Å². The molecule has 1 rings (SSSR count). The Labute approximate surface area is 138 Å². The fourth-order valence-corrected chi connectivity index (χ4v) is 2.79. The van der Waals surface area contributed by atoms with Crippen LogP contribution in [-0.2, 0) is 4.79 Å². The predicted octanol–water partition coefficient (Wildman–Crippen LogP) is 1.02. The van der Waals surface area contributed by atoms with Crippen LogP contribution in [0, 0.1) is 5.92 Å². The van der Waals surface area contributed by atoms with Crippen LogP contribution in [0.3, 0.4) is 0 Å². The Bertz CT molecular complexity index is 408. The third kappa shape index (κ3) is 5.99. The number of urea groups is 1. The van der Waals surface area contributed by atoms with Crippen molar-refractivity contribution in [2.24, 2.45) is 5.92 Å². The topological polar surface area (TPSA) is 102 Å². The summed E-state index contributed by atoms with van der Waals surface area (Å²) in [6.45, 7) is 8.57. The van der Waals surface area contributed by atoms with E-state index in [1.54, 1.807) is 6.92 Å². The van der Waals surface area contributed by atoms with Crippen molar-refractivity contribution in [2.45, 2.75) is 64.6 Å². The second-order valence-corrected chi connectivity index (χ2v) is 6.77. The average molecular weight is 329 g/mol. The van der Waals surface area contributed by atoms with Gasteiger partial charge in [0.2, 0.25) is 0 Å². The fraction of sp³-hybridized carbons (Fsp3) is 0.875. The molecule has 0 aromatic heterocycles. The molecule has 0 saturated heterocycles. The summed E-state index contributed by atoms with van der Waals surface area (Å²) in [5.74, 6) is -0.724. The first-order chi connectivity index (χ1) is 10.7. The van der Waals surface area contributed by atoms with Gasteiger partial charge in [-0.15, -0.1) is 0 Å². The number of aliphatic hydroxyl groups is 1. The van der Waals surface area contributed by atoms with Crippen molar-refractivity contribution in [1.29, 1.82) is 0 Å². The van der Waals surface area contributed by atoms with Crippen molar-refractivity contribution in [3.05, 3.63) is 0 Å². The zero-order valence-electron chi connectivity index (χ0n) is 14.6. The van der Waals surface area contributed by atoms with E-state index in [4.69, 9.17) is 5.11 Å². The van der Waals surface area contributed by atoms with E-state index in [1.165, 1.54) is 0 Å². The van der Waals surface area contributed by atoms with E-state index < -0.39 is 11.6 Å². The first-order valence-electron chi connectivity index (χ1n) is 8.42. The van der Waals surface area contributed by atoms with Gasteiger partial charge in [-0.1, -0.05) is 27.2 Å². The molecule has 0 aromatic rings. The van der Waals surface area contributed by atoms with Crippen molar-refractivity contribution < 1.29 is 19.8 Å². The van der Waals surface area contributed by atoms with Crippen LogP contribution in [0.1, 0.15) is 47.0 Å². The lowest BCUT2D eigenvalue weighted by molar-refractivity contribution is -0.139. The predicted molar refractivity (Wildman–Crippen MR) is 88.3 cm³/mol. The summed E-state index contributed by atoms with van der Waals surface area (Å²) in [6.07, 6.45) is 2.36. The summed E-state index contributed by atoms with van der Waals surface area (Å²) in [5.41, 5.74) is -0.922. The summed E-state index contributed by atoms with van der Waals surface area (Å²) < 4.78 is 0. The van der Waals surface area contributed by atoms with Crippen LogP contribution in [0.4, 0.5) is 4.79 Å². The van der Waals surface area contributed by atoms with E-state index in [1.807, 2.05) is 25.7 Å². The van der Waals surface area contributed by atoms with Crippen LogP contribution in [0.2, 0.25) is 0 Å². The van der Waals surface area contributed by atoms with Gasteiger partial charge in [-0.3, -0.25) is 9.69 Å². The maximum Gasteiger partial charge on any atom is 0.317 e. The van der Waals surface area contributed by atoms with Crippen LogP contribution in [0.15, 0.2) is 0 Å². The molecule has 0 spiro atoms. The lowest BCUT2D eigenvalue weighted by Crippen LogP contribution is -2.57. The monoisotopic (exact) mass is 329 g/mol. The molecule has 2 atom stereocenters. The van der Waals surface area contributed by atoms with Crippen LogP contribution in [0.5, 0.6) is 0 Å². The Morgan fingerprint density at radius 3 is 2.43 bits per heavy atom. The molecule has 134 valence electrons. The van der Waals surface area contributed by atoms with E-state index in [0.29, 0.717) is 6.54 Å². The zero-order chi connectivity index (χ0) is 17.6. The number of carbonyl (C=O) groups excluding carboxylic acids is 1. The van der Waals surface area contributed by atoms with Gasteiger partial charge in [-0.2, -0.15) is 0 Å². The smallest absolute Gasteiger partial charge is 0.317 e. The summed E-state index contributed by atoms with van der Waals surface area (Å²) in [7, 11) is 0. The molecule has 7 heteroatoms. The summed E-state index contributed by atoms with van der Waals surface area (Å²) in [6, 6.07) is -0.000625. The number of aliphatic carboxylic acids is 1. The summed E-state index contributed by atoms with van der Waals surface area (Å²) >= 11 is 0. The molecule has 0 aliphatic heterocycles. The van der Waals surface area contributed by atoms with Crippen molar-refractivity contribution in [3.63, 3.8) is 0 Å². The second-order valence-electron chi connectivity index (χ2n) is 6.77. The van der Waals surface area contributed by atoms with Gasteiger partial charge in [0.1, 0.15) is 0 Å². The highest BCUT2D eigenvalue weighted by Crippen LogP contribution is 2.25. The molecule has 4 N–H and O–H groups in total. The molecule has 1 fully saturated rings. The minimum absolute atomic E-state index is 0.0395. The van der Waals surface area contributed by atoms with Crippen LogP contribution < -0.4 is 10.6 Å². The largest absolute Gasteiger partial charge is 0.480 e. The van der Waals surface area contributed by atoms with Gasteiger partial charge in [0.05, 0.1) is 12.1 Å². The highest BCUT2D eigenvalue weighted by atomic mass is 16.4. The molecule has 2 amide bonds. The van der Waals surface area contributed by atoms with Gasteiger partial charge in [0, 0.05) is 18.6 Å². The molecule has 23 heavy (non-hydrogen) atoms. The highest BCUT2D eigenvalue weighted by Gasteiger charge is 2.35. The molecule has 0 bridgehead atoms. The molecule has 1 aliphatic rings. The van der Waals surface area contributed by atoms with E-state index >= 15 is 0 Å². The first-order valence-corrected chi connectivity index (χ1v) is 8.42.